The Morgan fingerprint density at radius 2 is 2.20 bits per heavy atom. The molecule has 0 spiro atoms. The Balaban J connectivity index is 1.63. The molecule has 2 heterocycles. The van der Waals surface area contributed by atoms with E-state index in [1.165, 1.54) is 23.1 Å². The topological polar surface area (TPSA) is 84.3 Å². The third-order valence-corrected chi connectivity index (χ3v) is 5.63. The highest BCUT2D eigenvalue weighted by Gasteiger charge is 2.20. The molecular formula is C17H18N4O2S2. The molecule has 0 saturated carbocycles. The van der Waals surface area contributed by atoms with Gasteiger partial charge in [-0.1, -0.05) is 36.1 Å². The number of aromatic nitrogens is 2. The molecule has 1 N–H and O–H groups in total. The van der Waals surface area contributed by atoms with Gasteiger partial charge in [0.25, 0.3) is 0 Å². The van der Waals surface area contributed by atoms with Crippen molar-refractivity contribution in [3.8, 4) is 0 Å². The van der Waals surface area contributed by atoms with Gasteiger partial charge in [0.2, 0.25) is 11.0 Å². The number of anilines is 1. The predicted molar refractivity (Wildman–Crippen MR) is 101 cm³/mol. The normalized spacial score (nSPS) is 13.4. The van der Waals surface area contributed by atoms with Crippen LogP contribution in [-0.4, -0.2) is 33.4 Å². The summed E-state index contributed by atoms with van der Waals surface area (Å²) in [5.41, 5.74) is 3.36. The quantitative estimate of drug-likeness (QED) is 0.609. The van der Waals surface area contributed by atoms with Crippen LogP contribution in [0.5, 0.6) is 0 Å². The molecule has 1 aromatic carbocycles. The van der Waals surface area contributed by atoms with Gasteiger partial charge in [0.15, 0.2) is 10.1 Å². The second kappa shape index (κ2) is 7.88. The average molecular weight is 374 g/mol. The van der Waals surface area contributed by atoms with E-state index in [0.29, 0.717) is 29.3 Å². The number of carbonyl (C=O) groups excluding carboxylic acids is 2. The molecule has 1 aromatic heterocycles. The van der Waals surface area contributed by atoms with Crippen molar-refractivity contribution < 1.29 is 9.59 Å². The molecule has 8 heteroatoms. The van der Waals surface area contributed by atoms with Crippen LogP contribution in [0.3, 0.4) is 0 Å². The molecule has 2 aromatic rings. The summed E-state index contributed by atoms with van der Waals surface area (Å²) >= 11 is 2.81. The van der Waals surface area contributed by atoms with E-state index >= 15 is 0 Å². The second-order valence-electron chi connectivity index (χ2n) is 5.76. The summed E-state index contributed by atoms with van der Waals surface area (Å²) in [7, 11) is 0. The third kappa shape index (κ3) is 4.52. The van der Waals surface area contributed by atoms with Crippen LogP contribution < -0.4 is 5.32 Å². The molecule has 0 radical (unpaired) electrons. The van der Waals surface area contributed by atoms with Crippen LogP contribution in [0.4, 0.5) is 10.8 Å². The molecule has 0 bridgehead atoms. The zero-order valence-corrected chi connectivity index (χ0v) is 15.7. The molecule has 0 fully saturated rings. The Hall–Kier alpha value is -2.06. The van der Waals surface area contributed by atoms with Gasteiger partial charge >= 0.3 is 0 Å². The maximum atomic E-state index is 12.2. The minimum Gasteiger partial charge on any atom is -0.301 e. The number of nitrogens with one attached hydrogen (secondary N) is 1. The van der Waals surface area contributed by atoms with Crippen LogP contribution in [0.25, 0.3) is 0 Å². The van der Waals surface area contributed by atoms with Gasteiger partial charge in [-0.15, -0.1) is 10.2 Å². The summed E-state index contributed by atoms with van der Waals surface area (Å²) < 4.78 is 0.747. The number of aryl methyl sites for hydroxylation is 1. The molecule has 0 aliphatic carbocycles. The van der Waals surface area contributed by atoms with Crippen molar-refractivity contribution in [1.29, 1.82) is 0 Å². The molecule has 6 nitrogen and oxygen atoms in total. The van der Waals surface area contributed by atoms with Crippen molar-refractivity contribution in [1.82, 2.24) is 10.2 Å². The Morgan fingerprint density at radius 1 is 1.36 bits per heavy atom. The number of Topliss-reactive ketones (excluding diaryl/α,β-unsaturated/α-hetero) is 1. The molecule has 0 saturated heterocycles. The standard InChI is InChI=1S/C17H18N4O2S2/c1-3-4-15(23)19-16-20-21-17(25-16)24-9-11-8-14(22)12-6-5-10(2)7-13(12)18-11/h5-7H,3-4,8-9H2,1-2H3,(H,19,20,23). The highest BCUT2D eigenvalue weighted by atomic mass is 32.2. The lowest BCUT2D eigenvalue weighted by atomic mass is 9.99. The van der Waals surface area contributed by atoms with E-state index in [4.69, 9.17) is 0 Å². The number of hydrogen-bond donors (Lipinski definition) is 1. The van der Waals surface area contributed by atoms with Crippen LogP contribution in [0.2, 0.25) is 0 Å². The fourth-order valence-corrected chi connectivity index (χ4v) is 4.11. The summed E-state index contributed by atoms with van der Waals surface area (Å²) in [4.78, 5) is 28.4. The lowest BCUT2D eigenvalue weighted by Crippen LogP contribution is -2.15. The SMILES string of the molecule is CCCC(=O)Nc1nnc(SCC2=Nc3cc(C)ccc3C(=O)C2)s1. The number of thioether (sulfide) groups is 1. The van der Waals surface area contributed by atoms with Gasteiger partial charge < -0.3 is 5.32 Å². The first kappa shape index (κ1) is 17.8. The van der Waals surface area contributed by atoms with Gasteiger partial charge in [-0.3, -0.25) is 14.6 Å². The third-order valence-electron chi connectivity index (χ3n) is 3.59. The molecule has 130 valence electrons. The zero-order chi connectivity index (χ0) is 17.8. The van der Waals surface area contributed by atoms with E-state index in [2.05, 4.69) is 20.5 Å². The van der Waals surface area contributed by atoms with E-state index in [1.54, 1.807) is 0 Å². The van der Waals surface area contributed by atoms with Crippen LogP contribution >= 0.6 is 23.1 Å². The zero-order valence-electron chi connectivity index (χ0n) is 14.0. The molecule has 0 atom stereocenters. The predicted octanol–water partition coefficient (Wildman–Crippen LogP) is 4.04. The number of ketones is 1. The Kier molecular flexibility index (Phi) is 5.60. The average Bonchev–Trinajstić information content (AvgIpc) is 3.00. The van der Waals surface area contributed by atoms with E-state index in [1.807, 2.05) is 32.0 Å². The number of carbonyl (C=O) groups is 2. The summed E-state index contributed by atoms with van der Waals surface area (Å²) in [5.74, 6) is 0.631. The van der Waals surface area contributed by atoms with Gasteiger partial charge in [-0.25, -0.2) is 0 Å². The fourth-order valence-electron chi connectivity index (χ4n) is 2.42. The highest BCUT2D eigenvalue weighted by molar-refractivity contribution is 8.01. The van der Waals surface area contributed by atoms with Gasteiger partial charge in [0.1, 0.15) is 0 Å². The van der Waals surface area contributed by atoms with Gasteiger partial charge in [0, 0.05) is 23.4 Å². The first-order valence-electron chi connectivity index (χ1n) is 8.01. The first-order chi connectivity index (χ1) is 12.0. The van der Waals surface area contributed by atoms with Crippen molar-refractivity contribution in [2.75, 3.05) is 11.1 Å². The van der Waals surface area contributed by atoms with Crippen molar-refractivity contribution in [3.63, 3.8) is 0 Å². The molecule has 3 rings (SSSR count). The number of rotatable bonds is 6. The minimum absolute atomic E-state index is 0.0515. The molecular weight excluding hydrogens is 356 g/mol. The monoisotopic (exact) mass is 374 g/mol. The molecule has 1 aliphatic rings. The molecule has 25 heavy (non-hydrogen) atoms. The highest BCUT2D eigenvalue weighted by Crippen LogP contribution is 2.30. The van der Waals surface area contributed by atoms with E-state index in [0.717, 1.165) is 27.7 Å². The largest absolute Gasteiger partial charge is 0.301 e. The number of hydrogen-bond acceptors (Lipinski definition) is 7. The Labute approximate surface area is 154 Å². The first-order valence-corrected chi connectivity index (χ1v) is 9.82. The number of nitrogens with zero attached hydrogens (tertiary/aromatic N) is 3. The van der Waals surface area contributed by atoms with Crippen LogP contribution in [0.1, 0.15) is 42.1 Å². The minimum atomic E-state index is -0.0515. The van der Waals surface area contributed by atoms with Gasteiger partial charge in [-0.2, -0.15) is 0 Å². The van der Waals surface area contributed by atoms with Crippen LogP contribution in [0, 0.1) is 6.92 Å². The van der Waals surface area contributed by atoms with Crippen molar-refractivity contribution in [3.05, 3.63) is 29.3 Å². The number of amides is 1. The summed E-state index contributed by atoms with van der Waals surface area (Å²) in [6.07, 6.45) is 1.60. The Morgan fingerprint density at radius 3 is 3.00 bits per heavy atom. The van der Waals surface area contributed by atoms with Gasteiger partial charge in [-0.05, 0) is 31.0 Å². The maximum absolute atomic E-state index is 12.2. The van der Waals surface area contributed by atoms with Crippen molar-refractivity contribution >= 4 is 51.3 Å². The summed E-state index contributed by atoms with van der Waals surface area (Å²) in [6.45, 7) is 3.94. The van der Waals surface area contributed by atoms with Crippen LogP contribution in [-0.2, 0) is 4.79 Å². The maximum Gasteiger partial charge on any atom is 0.226 e. The van der Waals surface area contributed by atoms with Gasteiger partial charge in [0.05, 0.1) is 12.1 Å². The van der Waals surface area contributed by atoms with E-state index in [-0.39, 0.29) is 11.7 Å². The summed E-state index contributed by atoms with van der Waals surface area (Å²) in [5, 5.41) is 11.3. The number of benzene rings is 1. The molecule has 1 amide bonds. The van der Waals surface area contributed by atoms with E-state index < -0.39 is 0 Å². The molecule has 0 unspecified atom stereocenters. The summed E-state index contributed by atoms with van der Waals surface area (Å²) in [6, 6.07) is 5.71. The Bertz CT molecular complexity index is 845. The fraction of sp³-hybridized carbons (Fsp3) is 0.353. The van der Waals surface area contributed by atoms with Crippen LogP contribution in [0.15, 0.2) is 27.5 Å². The smallest absolute Gasteiger partial charge is 0.226 e. The lowest BCUT2D eigenvalue weighted by Gasteiger charge is -2.14. The lowest BCUT2D eigenvalue weighted by molar-refractivity contribution is -0.116. The number of aliphatic imine (C=N–C) groups is 1. The number of fused-ring (bicyclic) bond motifs is 1. The van der Waals surface area contributed by atoms with Crippen molar-refractivity contribution in [2.24, 2.45) is 4.99 Å². The van der Waals surface area contributed by atoms with E-state index in [9.17, 15) is 9.59 Å². The molecule has 1 aliphatic heterocycles. The second-order valence-corrected chi connectivity index (χ2v) is 7.96. The van der Waals surface area contributed by atoms with Crippen molar-refractivity contribution in [2.45, 2.75) is 37.4 Å².